The van der Waals surface area contributed by atoms with Gasteiger partial charge in [0.2, 0.25) is 5.91 Å². The quantitative estimate of drug-likeness (QED) is 0.792. The van der Waals surface area contributed by atoms with Gasteiger partial charge < -0.3 is 15.4 Å². The van der Waals surface area contributed by atoms with Gasteiger partial charge in [0.25, 0.3) is 0 Å². The normalized spacial score (nSPS) is 29.1. The van der Waals surface area contributed by atoms with Crippen molar-refractivity contribution in [3.8, 4) is 0 Å². The fourth-order valence-electron chi connectivity index (χ4n) is 2.36. The molecule has 0 saturated heterocycles. The minimum Gasteiger partial charge on any atom is -0.364 e. The number of ether oxygens (including phenoxy) is 1. The van der Waals surface area contributed by atoms with E-state index in [1.165, 1.54) is 19.3 Å². The van der Waals surface area contributed by atoms with Crippen molar-refractivity contribution in [2.24, 2.45) is 11.7 Å². The van der Waals surface area contributed by atoms with Crippen LogP contribution in [0.3, 0.4) is 0 Å². The molecule has 0 heterocycles. The second-order valence-electron chi connectivity index (χ2n) is 5.32. The zero-order valence-corrected chi connectivity index (χ0v) is 11.4. The Labute approximate surface area is 104 Å². The SMILES string of the molecule is CCC1CCC(CN)(OCC(=O)N(C)C)CC1. The summed E-state index contributed by atoms with van der Waals surface area (Å²) in [6.07, 6.45) is 5.55. The maximum absolute atomic E-state index is 11.5. The van der Waals surface area contributed by atoms with E-state index in [0.29, 0.717) is 6.54 Å². The van der Waals surface area contributed by atoms with E-state index < -0.39 is 0 Å². The monoisotopic (exact) mass is 242 g/mol. The van der Waals surface area contributed by atoms with E-state index in [-0.39, 0.29) is 18.1 Å². The predicted octanol–water partition coefficient (Wildman–Crippen LogP) is 1.39. The Hall–Kier alpha value is -0.610. The van der Waals surface area contributed by atoms with Crippen molar-refractivity contribution >= 4 is 5.91 Å². The summed E-state index contributed by atoms with van der Waals surface area (Å²) in [6, 6.07) is 0. The van der Waals surface area contributed by atoms with Gasteiger partial charge in [0, 0.05) is 20.6 Å². The van der Waals surface area contributed by atoms with Gasteiger partial charge in [-0.25, -0.2) is 0 Å². The van der Waals surface area contributed by atoms with Crippen LogP contribution in [0.2, 0.25) is 0 Å². The lowest BCUT2D eigenvalue weighted by Gasteiger charge is -2.39. The smallest absolute Gasteiger partial charge is 0.248 e. The number of likely N-dealkylation sites (N-methyl/N-ethyl adjacent to an activating group) is 1. The van der Waals surface area contributed by atoms with Crippen LogP contribution in [0.15, 0.2) is 0 Å². The Morgan fingerprint density at radius 2 is 2.00 bits per heavy atom. The van der Waals surface area contributed by atoms with Crippen LogP contribution < -0.4 is 5.73 Å². The molecule has 2 N–H and O–H groups in total. The van der Waals surface area contributed by atoms with Crippen molar-refractivity contribution in [2.75, 3.05) is 27.2 Å². The molecule has 0 bridgehead atoms. The van der Waals surface area contributed by atoms with Gasteiger partial charge in [0.1, 0.15) is 6.61 Å². The highest BCUT2D eigenvalue weighted by Crippen LogP contribution is 2.35. The third kappa shape index (κ3) is 3.96. The highest BCUT2D eigenvalue weighted by molar-refractivity contribution is 5.76. The van der Waals surface area contributed by atoms with Crippen LogP contribution in [0, 0.1) is 5.92 Å². The number of carbonyl (C=O) groups excluding carboxylic acids is 1. The molecular weight excluding hydrogens is 216 g/mol. The number of carbonyl (C=O) groups is 1. The first-order valence-electron chi connectivity index (χ1n) is 6.57. The lowest BCUT2D eigenvalue weighted by molar-refractivity contribution is -0.143. The van der Waals surface area contributed by atoms with E-state index >= 15 is 0 Å². The molecule has 0 aromatic carbocycles. The fraction of sp³-hybridized carbons (Fsp3) is 0.923. The van der Waals surface area contributed by atoms with Gasteiger partial charge in [-0.3, -0.25) is 4.79 Å². The van der Waals surface area contributed by atoms with Gasteiger partial charge in [0.05, 0.1) is 5.60 Å². The number of rotatable bonds is 5. The van der Waals surface area contributed by atoms with Gasteiger partial charge in [-0.1, -0.05) is 13.3 Å². The van der Waals surface area contributed by atoms with Gasteiger partial charge in [0.15, 0.2) is 0 Å². The van der Waals surface area contributed by atoms with E-state index in [4.69, 9.17) is 10.5 Å². The molecule has 0 atom stereocenters. The van der Waals surface area contributed by atoms with Crippen molar-refractivity contribution in [3.63, 3.8) is 0 Å². The Bertz CT molecular complexity index is 246. The summed E-state index contributed by atoms with van der Waals surface area (Å²) >= 11 is 0. The standard InChI is InChI=1S/C13H26N2O2/c1-4-11-5-7-13(10-14,8-6-11)17-9-12(16)15(2)3/h11H,4-10,14H2,1-3H3. The summed E-state index contributed by atoms with van der Waals surface area (Å²) in [5, 5.41) is 0. The molecule has 1 aliphatic carbocycles. The molecule has 0 aliphatic heterocycles. The molecule has 1 rings (SSSR count). The zero-order valence-electron chi connectivity index (χ0n) is 11.4. The summed E-state index contributed by atoms with van der Waals surface area (Å²) in [4.78, 5) is 13.1. The number of hydrogen-bond acceptors (Lipinski definition) is 3. The lowest BCUT2D eigenvalue weighted by atomic mass is 9.77. The van der Waals surface area contributed by atoms with Gasteiger partial charge in [-0.2, -0.15) is 0 Å². The highest BCUT2D eigenvalue weighted by atomic mass is 16.5. The minimum atomic E-state index is -0.253. The van der Waals surface area contributed by atoms with Crippen LogP contribution in [-0.2, 0) is 9.53 Å². The third-order valence-electron chi connectivity index (χ3n) is 3.97. The van der Waals surface area contributed by atoms with Crippen LogP contribution in [0.5, 0.6) is 0 Å². The van der Waals surface area contributed by atoms with E-state index in [9.17, 15) is 4.79 Å². The molecule has 1 fully saturated rings. The van der Waals surface area contributed by atoms with Crippen molar-refractivity contribution < 1.29 is 9.53 Å². The molecule has 0 spiro atoms. The topological polar surface area (TPSA) is 55.6 Å². The lowest BCUT2D eigenvalue weighted by Crippen LogP contribution is -2.46. The number of nitrogens with two attached hydrogens (primary N) is 1. The molecule has 1 amide bonds. The molecule has 0 radical (unpaired) electrons. The molecule has 0 aromatic heterocycles. The summed E-state index contributed by atoms with van der Waals surface area (Å²) in [5.41, 5.74) is 5.58. The first-order chi connectivity index (χ1) is 8.03. The first kappa shape index (κ1) is 14.5. The molecule has 0 unspecified atom stereocenters. The average Bonchev–Trinajstić information content (AvgIpc) is 2.36. The maximum atomic E-state index is 11.5. The molecule has 4 heteroatoms. The van der Waals surface area contributed by atoms with Crippen molar-refractivity contribution in [2.45, 2.75) is 44.6 Å². The van der Waals surface area contributed by atoms with Crippen molar-refractivity contribution in [3.05, 3.63) is 0 Å². The fourth-order valence-corrected chi connectivity index (χ4v) is 2.36. The van der Waals surface area contributed by atoms with E-state index in [1.807, 2.05) is 0 Å². The average molecular weight is 242 g/mol. The van der Waals surface area contributed by atoms with Crippen LogP contribution >= 0.6 is 0 Å². The summed E-state index contributed by atoms with van der Waals surface area (Å²) in [6.45, 7) is 2.90. The molecule has 17 heavy (non-hydrogen) atoms. The Morgan fingerprint density at radius 3 is 2.41 bits per heavy atom. The molecule has 0 aromatic rings. The Balaban J connectivity index is 2.45. The summed E-state index contributed by atoms with van der Waals surface area (Å²) in [5.74, 6) is 0.818. The molecular formula is C13H26N2O2. The number of amides is 1. The Kier molecular flexibility index (Phi) is 5.40. The van der Waals surface area contributed by atoms with Crippen LogP contribution in [0.25, 0.3) is 0 Å². The summed E-state index contributed by atoms with van der Waals surface area (Å²) in [7, 11) is 3.49. The third-order valence-corrected chi connectivity index (χ3v) is 3.97. The number of hydrogen-bond donors (Lipinski definition) is 1. The van der Waals surface area contributed by atoms with Crippen molar-refractivity contribution in [1.29, 1.82) is 0 Å². The van der Waals surface area contributed by atoms with E-state index in [2.05, 4.69) is 6.92 Å². The van der Waals surface area contributed by atoms with Gasteiger partial charge in [-0.05, 0) is 31.6 Å². The molecule has 100 valence electrons. The number of nitrogens with zero attached hydrogens (tertiary/aromatic N) is 1. The van der Waals surface area contributed by atoms with Crippen molar-refractivity contribution in [1.82, 2.24) is 4.90 Å². The van der Waals surface area contributed by atoms with Gasteiger partial charge in [-0.15, -0.1) is 0 Å². The Morgan fingerprint density at radius 1 is 1.41 bits per heavy atom. The van der Waals surface area contributed by atoms with Crippen LogP contribution in [0.4, 0.5) is 0 Å². The summed E-state index contributed by atoms with van der Waals surface area (Å²) < 4.78 is 5.82. The van der Waals surface area contributed by atoms with Crippen LogP contribution in [-0.4, -0.2) is 43.7 Å². The molecule has 1 aliphatic rings. The van der Waals surface area contributed by atoms with Crippen LogP contribution in [0.1, 0.15) is 39.0 Å². The van der Waals surface area contributed by atoms with Gasteiger partial charge >= 0.3 is 0 Å². The minimum absolute atomic E-state index is 0.00967. The van der Waals surface area contributed by atoms with E-state index in [0.717, 1.165) is 18.8 Å². The van der Waals surface area contributed by atoms with E-state index in [1.54, 1.807) is 19.0 Å². The molecule has 1 saturated carbocycles. The zero-order chi connectivity index (χ0) is 12.9. The molecule has 4 nitrogen and oxygen atoms in total. The first-order valence-corrected chi connectivity index (χ1v) is 6.57. The maximum Gasteiger partial charge on any atom is 0.248 e. The second kappa shape index (κ2) is 6.36. The largest absolute Gasteiger partial charge is 0.364 e. The highest BCUT2D eigenvalue weighted by Gasteiger charge is 2.35. The second-order valence-corrected chi connectivity index (χ2v) is 5.32. The predicted molar refractivity (Wildman–Crippen MR) is 68.7 cm³/mol.